The van der Waals surface area contributed by atoms with Crippen LogP contribution in [0.2, 0.25) is 5.02 Å². The molecule has 5 nitrogen and oxygen atoms in total. The molecule has 1 aromatic carbocycles. The largest absolute Gasteiger partial charge is 0.399 e. The second-order valence-corrected chi connectivity index (χ2v) is 4.84. The number of halogens is 1. The Hall–Kier alpha value is -1.30. The third-order valence-corrected chi connectivity index (χ3v) is 3.14. The lowest BCUT2D eigenvalue weighted by Gasteiger charge is -2.11. The number of benzene rings is 1. The third-order valence-electron chi connectivity index (χ3n) is 2.83. The van der Waals surface area contributed by atoms with E-state index >= 15 is 0 Å². The molecule has 0 spiro atoms. The van der Waals surface area contributed by atoms with Crippen LogP contribution in [0.4, 0.5) is 11.4 Å². The number of nitrogen functional groups attached to an aromatic ring is 1. The van der Waals surface area contributed by atoms with E-state index in [1.165, 1.54) is 0 Å². The van der Waals surface area contributed by atoms with E-state index in [0.29, 0.717) is 23.0 Å². The maximum Gasteiger partial charge on any atom is 0.250 e. The fourth-order valence-corrected chi connectivity index (χ4v) is 2.11. The zero-order chi connectivity index (χ0) is 13.7. The number of ether oxygens (including phenoxy) is 2. The molecule has 19 heavy (non-hydrogen) atoms. The Kier molecular flexibility index (Phi) is 5.01. The van der Waals surface area contributed by atoms with E-state index in [0.717, 1.165) is 19.4 Å². The summed E-state index contributed by atoms with van der Waals surface area (Å²) in [6.45, 7) is 1.21. The number of carbonyl (C=O) groups is 1. The van der Waals surface area contributed by atoms with Gasteiger partial charge in [0.1, 0.15) is 6.61 Å². The van der Waals surface area contributed by atoms with Gasteiger partial charge < -0.3 is 20.5 Å². The van der Waals surface area contributed by atoms with Gasteiger partial charge >= 0.3 is 0 Å². The highest BCUT2D eigenvalue weighted by Crippen LogP contribution is 2.23. The molecule has 1 unspecified atom stereocenters. The zero-order valence-corrected chi connectivity index (χ0v) is 11.3. The lowest BCUT2D eigenvalue weighted by atomic mass is 10.2. The van der Waals surface area contributed by atoms with Gasteiger partial charge in [-0.1, -0.05) is 11.6 Å². The minimum atomic E-state index is -0.246. The molecule has 1 atom stereocenters. The third kappa shape index (κ3) is 4.38. The first-order valence-electron chi connectivity index (χ1n) is 6.19. The van der Waals surface area contributed by atoms with Crippen LogP contribution in [-0.4, -0.2) is 31.8 Å². The molecule has 3 N–H and O–H groups in total. The molecule has 1 saturated heterocycles. The summed E-state index contributed by atoms with van der Waals surface area (Å²) < 4.78 is 10.7. The number of nitrogens with one attached hydrogen (secondary N) is 1. The highest BCUT2D eigenvalue weighted by atomic mass is 35.5. The Morgan fingerprint density at radius 3 is 3.11 bits per heavy atom. The number of hydrogen-bond acceptors (Lipinski definition) is 4. The van der Waals surface area contributed by atoms with Crippen molar-refractivity contribution in [2.45, 2.75) is 18.9 Å². The molecule has 1 aliphatic heterocycles. The van der Waals surface area contributed by atoms with Gasteiger partial charge in [-0.2, -0.15) is 0 Å². The van der Waals surface area contributed by atoms with Crippen molar-refractivity contribution < 1.29 is 14.3 Å². The van der Waals surface area contributed by atoms with Crippen molar-refractivity contribution in [3.63, 3.8) is 0 Å². The monoisotopic (exact) mass is 284 g/mol. The van der Waals surface area contributed by atoms with Gasteiger partial charge in [0.05, 0.1) is 23.4 Å². The second-order valence-electron chi connectivity index (χ2n) is 4.44. The van der Waals surface area contributed by atoms with Crippen LogP contribution in [0.25, 0.3) is 0 Å². The molecule has 1 amide bonds. The highest BCUT2D eigenvalue weighted by molar-refractivity contribution is 6.34. The van der Waals surface area contributed by atoms with Crippen LogP contribution < -0.4 is 11.1 Å². The van der Waals surface area contributed by atoms with E-state index in [-0.39, 0.29) is 18.6 Å². The van der Waals surface area contributed by atoms with Crippen LogP contribution in [0.15, 0.2) is 18.2 Å². The summed E-state index contributed by atoms with van der Waals surface area (Å²) in [5, 5.41) is 3.08. The molecule has 2 rings (SSSR count). The van der Waals surface area contributed by atoms with Crippen molar-refractivity contribution in [1.82, 2.24) is 0 Å². The number of rotatable bonds is 5. The van der Waals surface area contributed by atoms with Gasteiger partial charge in [-0.05, 0) is 31.0 Å². The van der Waals surface area contributed by atoms with Crippen LogP contribution in [0.5, 0.6) is 0 Å². The van der Waals surface area contributed by atoms with E-state index in [2.05, 4.69) is 5.32 Å². The standard InChI is InChI=1S/C13H17ClN2O3/c14-11-6-9(15)3-4-12(11)16-13(17)8-18-7-10-2-1-5-19-10/h3-4,6,10H,1-2,5,7-8,15H2,(H,16,17). The Bertz CT molecular complexity index is 448. The first-order valence-corrected chi connectivity index (χ1v) is 6.57. The summed E-state index contributed by atoms with van der Waals surface area (Å²) in [4.78, 5) is 11.7. The van der Waals surface area contributed by atoms with Gasteiger partial charge in [0.15, 0.2) is 0 Å². The predicted octanol–water partition coefficient (Wildman–Crippen LogP) is 2.06. The highest BCUT2D eigenvalue weighted by Gasteiger charge is 2.16. The molecule has 1 aliphatic rings. The fourth-order valence-electron chi connectivity index (χ4n) is 1.88. The number of hydrogen-bond donors (Lipinski definition) is 2. The fraction of sp³-hybridized carbons (Fsp3) is 0.462. The van der Waals surface area contributed by atoms with Crippen molar-refractivity contribution in [2.75, 3.05) is 30.9 Å². The van der Waals surface area contributed by atoms with Crippen LogP contribution in [-0.2, 0) is 14.3 Å². The Morgan fingerprint density at radius 2 is 2.42 bits per heavy atom. The molecule has 6 heteroatoms. The average molecular weight is 285 g/mol. The summed E-state index contributed by atoms with van der Waals surface area (Å²) in [5.74, 6) is -0.246. The van der Waals surface area contributed by atoms with Crippen LogP contribution in [0.3, 0.4) is 0 Å². The van der Waals surface area contributed by atoms with Crippen LogP contribution >= 0.6 is 11.6 Å². The Balaban J connectivity index is 1.74. The second kappa shape index (κ2) is 6.75. The minimum Gasteiger partial charge on any atom is -0.399 e. The van der Waals surface area contributed by atoms with Crippen LogP contribution in [0.1, 0.15) is 12.8 Å². The van der Waals surface area contributed by atoms with E-state index in [1.807, 2.05) is 0 Å². The smallest absolute Gasteiger partial charge is 0.250 e. The lowest BCUT2D eigenvalue weighted by Crippen LogP contribution is -2.22. The van der Waals surface area contributed by atoms with Crippen molar-refractivity contribution in [3.05, 3.63) is 23.2 Å². The molecule has 104 valence electrons. The molecule has 1 aromatic rings. The van der Waals surface area contributed by atoms with Gasteiger partial charge in [0, 0.05) is 12.3 Å². The van der Waals surface area contributed by atoms with E-state index in [1.54, 1.807) is 18.2 Å². The first-order chi connectivity index (χ1) is 9.15. The number of nitrogens with two attached hydrogens (primary N) is 1. The zero-order valence-electron chi connectivity index (χ0n) is 10.5. The van der Waals surface area contributed by atoms with Crippen molar-refractivity contribution in [3.8, 4) is 0 Å². The first kappa shape index (κ1) is 14.1. The molecule has 0 aromatic heterocycles. The van der Waals surface area contributed by atoms with Crippen molar-refractivity contribution in [1.29, 1.82) is 0 Å². The van der Waals surface area contributed by atoms with Gasteiger partial charge in [0.25, 0.3) is 0 Å². The molecule has 0 saturated carbocycles. The number of anilines is 2. The number of carbonyl (C=O) groups excluding carboxylic acids is 1. The van der Waals surface area contributed by atoms with Crippen molar-refractivity contribution >= 4 is 28.9 Å². The molecule has 1 heterocycles. The van der Waals surface area contributed by atoms with E-state index < -0.39 is 0 Å². The maximum atomic E-state index is 11.7. The molecular formula is C13H17ClN2O3. The summed E-state index contributed by atoms with van der Waals surface area (Å²) in [6, 6.07) is 4.93. The summed E-state index contributed by atoms with van der Waals surface area (Å²) in [6.07, 6.45) is 2.17. The Labute approximate surface area is 117 Å². The van der Waals surface area contributed by atoms with Crippen LogP contribution in [0, 0.1) is 0 Å². The van der Waals surface area contributed by atoms with Crippen molar-refractivity contribution in [2.24, 2.45) is 0 Å². The predicted molar refractivity (Wildman–Crippen MR) is 74.3 cm³/mol. The Morgan fingerprint density at radius 1 is 1.58 bits per heavy atom. The normalized spacial score (nSPS) is 18.5. The minimum absolute atomic E-state index is 0.0133. The molecule has 0 bridgehead atoms. The SMILES string of the molecule is Nc1ccc(NC(=O)COCC2CCCO2)c(Cl)c1. The van der Waals surface area contributed by atoms with Gasteiger partial charge in [-0.3, -0.25) is 4.79 Å². The molecule has 1 fully saturated rings. The van der Waals surface area contributed by atoms with E-state index in [9.17, 15) is 4.79 Å². The molecular weight excluding hydrogens is 268 g/mol. The quantitative estimate of drug-likeness (QED) is 0.812. The van der Waals surface area contributed by atoms with Gasteiger partial charge in [-0.25, -0.2) is 0 Å². The van der Waals surface area contributed by atoms with Gasteiger partial charge in [-0.15, -0.1) is 0 Å². The topological polar surface area (TPSA) is 73.6 Å². The molecule has 0 radical (unpaired) electrons. The summed E-state index contributed by atoms with van der Waals surface area (Å²) in [7, 11) is 0. The maximum absolute atomic E-state index is 11.7. The van der Waals surface area contributed by atoms with E-state index in [4.69, 9.17) is 26.8 Å². The summed E-state index contributed by atoms with van der Waals surface area (Å²) in [5.41, 5.74) is 6.66. The molecule has 0 aliphatic carbocycles. The number of amides is 1. The lowest BCUT2D eigenvalue weighted by molar-refractivity contribution is -0.121. The summed E-state index contributed by atoms with van der Waals surface area (Å²) >= 11 is 5.96. The van der Waals surface area contributed by atoms with Gasteiger partial charge in [0.2, 0.25) is 5.91 Å². The average Bonchev–Trinajstić information content (AvgIpc) is 2.86.